The number of aryl methyl sites for hydroxylation is 1. The number of benzene rings is 1. The fraction of sp³-hybridized carbons (Fsp3) is 0.412. The Kier molecular flexibility index (Phi) is 4.41. The highest BCUT2D eigenvalue weighted by atomic mass is 16.6. The molecule has 0 atom stereocenters. The molecule has 1 aromatic heterocycles. The van der Waals surface area contributed by atoms with Crippen molar-refractivity contribution >= 4 is 17.0 Å². The number of carbonyl (C=O) groups is 1. The number of nitriles is 1. The number of rotatable bonds is 3. The largest absolute Gasteiger partial charge is 0.444 e. The summed E-state index contributed by atoms with van der Waals surface area (Å²) >= 11 is 0. The number of H-pyrrole nitrogens is 1. The van der Waals surface area contributed by atoms with E-state index in [9.17, 15) is 10.1 Å². The van der Waals surface area contributed by atoms with Crippen molar-refractivity contribution in [2.45, 2.75) is 39.7 Å². The van der Waals surface area contributed by atoms with Gasteiger partial charge in [-0.05, 0) is 51.8 Å². The standard InChI is InChI=1S/C17H21N3O2/c1-11-13(8-9-19-16(21)22-17(2,3)4)15-12(10-18)6-5-7-14(15)20-11/h5-7,20H,8-9H2,1-4H3,(H,19,21). The predicted octanol–water partition coefficient (Wildman–Crippen LogP) is 3.42. The van der Waals surface area contributed by atoms with E-state index in [1.807, 2.05) is 39.8 Å². The van der Waals surface area contributed by atoms with Crippen LogP contribution in [-0.2, 0) is 11.2 Å². The molecule has 2 aromatic rings. The second-order valence-corrected chi connectivity index (χ2v) is 6.25. The van der Waals surface area contributed by atoms with E-state index in [0.29, 0.717) is 18.5 Å². The summed E-state index contributed by atoms with van der Waals surface area (Å²) in [5.41, 5.74) is 3.17. The third-order valence-electron chi connectivity index (χ3n) is 3.30. The van der Waals surface area contributed by atoms with Crippen molar-refractivity contribution < 1.29 is 9.53 Å². The quantitative estimate of drug-likeness (QED) is 0.911. The molecule has 5 nitrogen and oxygen atoms in total. The van der Waals surface area contributed by atoms with Crippen LogP contribution >= 0.6 is 0 Å². The molecule has 0 aliphatic rings. The highest BCUT2D eigenvalue weighted by Crippen LogP contribution is 2.25. The average Bonchev–Trinajstić information content (AvgIpc) is 2.73. The van der Waals surface area contributed by atoms with Crippen molar-refractivity contribution in [3.63, 3.8) is 0 Å². The fourth-order valence-electron chi connectivity index (χ4n) is 2.46. The molecular weight excluding hydrogens is 278 g/mol. The van der Waals surface area contributed by atoms with Crippen molar-refractivity contribution in [2.75, 3.05) is 6.54 Å². The minimum Gasteiger partial charge on any atom is -0.444 e. The van der Waals surface area contributed by atoms with E-state index in [2.05, 4.69) is 16.4 Å². The Balaban J connectivity index is 2.11. The first-order valence-electron chi connectivity index (χ1n) is 7.29. The molecule has 1 amide bonds. The molecular formula is C17H21N3O2. The number of aromatic nitrogens is 1. The molecule has 0 aliphatic heterocycles. The van der Waals surface area contributed by atoms with Gasteiger partial charge in [0.1, 0.15) is 5.60 Å². The smallest absolute Gasteiger partial charge is 0.407 e. The maximum atomic E-state index is 11.7. The number of ether oxygens (including phenoxy) is 1. The summed E-state index contributed by atoms with van der Waals surface area (Å²) in [6.45, 7) is 7.92. The van der Waals surface area contributed by atoms with E-state index < -0.39 is 11.7 Å². The molecule has 0 spiro atoms. The predicted molar refractivity (Wildman–Crippen MR) is 85.7 cm³/mol. The molecule has 5 heteroatoms. The van der Waals surface area contributed by atoms with Gasteiger partial charge in [-0.2, -0.15) is 5.26 Å². The Morgan fingerprint density at radius 1 is 1.41 bits per heavy atom. The summed E-state index contributed by atoms with van der Waals surface area (Å²) in [6, 6.07) is 7.84. The van der Waals surface area contributed by atoms with Crippen LogP contribution in [0.3, 0.4) is 0 Å². The van der Waals surface area contributed by atoms with Gasteiger partial charge in [0.05, 0.1) is 11.6 Å². The van der Waals surface area contributed by atoms with E-state index in [0.717, 1.165) is 22.2 Å². The van der Waals surface area contributed by atoms with Crippen LogP contribution in [0.25, 0.3) is 10.9 Å². The lowest BCUT2D eigenvalue weighted by Crippen LogP contribution is -2.33. The molecule has 0 aliphatic carbocycles. The Labute approximate surface area is 130 Å². The second kappa shape index (κ2) is 6.10. The van der Waals surface area contributed by atoms with Gasteiger partial charge in [-0.3, -0.25) is 0 Å². The van der Waals surface area contributed by atoms with Crippen molar-refractivity contribution in [3.8, 4) is 6.07 Å². The van der Waals surface area contributed by atoms with Crippen LogP contribution in [0, 0.1) is 18.3 Å². The summed E-state index contributed by atoms with van der Waals surface area (Å²) in [5, 5.41) is 12.9. The number of hydrogen-bond donors (Lipinski definition) is 2. The third-order valence-corrected chi connectivity index (χ3v) is 3.30. The van der Waals surface area contributed by atoms with Crippen LogP contribution in [0.2, 0.25) is 0 Å². The maximum Gasteiger partial charge on any atom is 0.407 e. The van der Waals surface area contributed by atoms with Gasteiger partial charge in [0, 0.05) is 23.1 Å². The van der Waals surface area contributed by atoms with Crippen LogP contribution in [0.15, 0.2) is 18.2 Å². The molecule has 0 radical (unpaired) electrons. The van der Waals surface area contributed by atoms with Gasteiger partial charge in [0.2, 0.25) is 0 Å². The number of nitrogens with one attached hydrogen (secondary N) is 2. The fourth-order valence-corrected chi connectivity index (χ4v) is 2.46. The Bertz CT molecular complexity index is 733. The molecule has 0 saturated carbocycles. The minimum absolute atomic E-state index is 0.425. The molecule has 0 saturated heterocycles. The van der Waals surface area contributed by atoms with Crippen molar-refractivity contribution in [1.29, 1.82) is 5.26 Å². The summed E-state index contributed by atoms with van der Waals surface area (Å²) in [4.78, 5) is 14.9. The number of nitrogens with zero attached hydrogens (tertiary/aromatic N) is 1. The molecule has 1 heterocycles. The van der Waals surface area contributed by atoms with Crippen LogP contribution in [0.5, 0.6) is 0 Å². The summed E-state index contributed by atoms with van der Waals surface area (Å²) in [5.74, 6) is 0. The molecule has 2 rings (SSSR count). The first-order valence-corrected chi connectivity index (χ1v) is 7.29. The summed E-state index contributed by atoms with van der Waals surface area (Å²) in [7, 11) is 0. The SMILES string of the molecule is Cc1[nH]c2cccc(C#N)c2c1CCNC(=O)OC(C)(C)C. The molecule has 0 bridgehead atoms. The average molecular weight is 299 g/mol. The van der Waals surface area contributed by atoms with Crippen molar-refractivity contribution in [2.24, 2.45) is 0 Å². The number of carbonyl (C=O) groups excluding carboxylic acids is 1. The lowest BCUT2D eigenvalue weighted by molar-refractivity contribution is 0.0528. The Morgan fingerprint density at radius 3 is 2.77 bits per heavy atom. The molecule has 116 valence electrons. The molecule has 1 aromatic carbocycles. The van der Waals surface area contributed by atoms with Gasteiger partial charge in [-0.25, -0.2) is 4.79 Å². The summed E-state index contributed by atoms with van der Waals surface area (Å²) < 4.78 is 5.21. The molecule has 22 heavy (non-hydrogen) atoms. The topological polar surface area (TPSA) is 77.9 Å². The van der Waals surface area contributed by atoms with Gasteiger partial charge in [0.25, 0.3) is 0 Å². The first-order chi connectivity index (χ1) is 10.3. The number of fused-ring (bicyclic) bond motifs is 1. The highest BCUT2D eigenvalue weighted by Gasteiger charge is 2.16. The van der Waals surface area contributed by atoms with Crippen molar-refractivity contribution in [3.05, 3.63) is 35.0 Å². The zero-order chi connectivity index (χ0) is 16.3. The van der Waals surface area contributed by atoms with Crippen LogP contribution in [0.1, 0.15) is 37.6 Å². The van der Waals surface area contributed by atoms with E-state index in [-0.39, 0.29) is 0 Å². The van der Waals surface area contributed by atoms with Crippen LogP contribution in [-0.4, -0.2) is 23.2 Å². The zero-order valence-corrected chi connectivity index (χ0v) is 13.4. The third kappa shape index (κ3) is 3.59. The number of aromatic amines is 1. The number of alkyl carbamates (subject to hydrolysis) is 1. The Hall–Kier alpha value is -2.48. The van der Waals surface area contributed by atoms with Crippen LogP contribution < -0.4 is 5.32 Å². The normalized spacial score (nSPS) is 11.2. The van der Waals surface area contributed by atoms with Gasteiger partial charge in [-0.15, -0.1) is 0 Å². The van der Waals surface area contributed by atoms with Gasteiger partial charge < -0.3 is 15.0 Å². The number of amides is 1. The minimum atomic E-state index is -0.505. The lowest BCUT2D eigenvalue weighted by Gasteiger charge is -2.19. The van der Waals surface area contributed by atoms with E-state index in [4.69, 9.17) is 4.74 Å². The van der Waals surface area contributed by atoms with Gasteiger partial charge in [0.15, 0.2) is 0 Å². The van der Waals surface area contributed by atoms with E-state index in [1.165, 1.54) is 0 Å². The van der Waals surface area contributed by atoms with Crippen LogP contribution in [0.4, 0.5) is 4.79 Å². The van der Waals surface area contributed by atoms with E-state index in [1.54, 1.807) is 6.07 Å². The maximum absolute atomic E-state index is 11.7. The molecule has 2 N–H and O–H groups in total. The summed E-state index contributed by atoms with van der Waals surface area (Å²) in [6.07, 6.45) is 0.217. The molecule has 0 unspecified atom stereocenters. The highest BCUT2D eigenvalue weighted by molar-refractivity contribution is 5.90. The Morgan fingerprint density at radius 2 is 2.14 bits per heavy atom. The second-order valence-electron chi connectivity index (χ2n) is 6.25. The first kappa shape index (κ1) is 15.9. The lowest BCUT2D eigenvalue weighted by atomic mass is 10.0. The van der Waals surface area contributed by atoms with Crippen molar-refractivity contribution in [1.82, 2.24) is 10.3 Å². The monoisotopic (exact) mass is 299 g/mol. The van der Waals surface area contributed by atoms with E-state index >= 15 is 0 Å². The molecule has 0 fully saturated rings. The zero-order valence-electron chi connectivity index (χ0n) is 13.4. The van der Waals surface area contributed by atoms with Gasteiger partial charge >= 0.3 is 6.09 Å². The van der Waals surface area contributed by atoms with Gasteiger partial charge in [-0.1, -0.05) is 6.07 Å². The number of hydrogen-bond acceptors (Lipinski definition) is 3.